The molecule has 2 heterocycles. The minimum absolute atomic E-state index is 0.503. The van der Waals surface area contributed by atoms with Gasteiger partial charge in [0.25, 0.3) is 0 Å². The highest BCUT2D eigenvalue weighted by Gasteiger charge is 2.17. The molecule has 0 amide bonds. The van der Waals surface area contributed by atoms with E-state index in [0.29, 0.717) is 12.1 Å². The summed E-state index contributed by atoms with van der Waals surface area (Å²) >= 11 is 0. The van der Waals surface area contributed by atoms with E-state index < -0.39 is 0 Å². The van der Waals surface area contributed by atoms with Gasteiger partial charge in [-0.1, -0.05) is 13.8 Å². The second-order valence-corrected chi connectivity index (χ2v) is 5.69. The van der Waals surface area contributed by atoms with Crippen molar-refractivity contribution >= 4 is 0 Å². The fourth-order valence-corrected chi connectivity index (χ4v) is 2.62. The molecule has 2 unspecified atom stereocenters. The first-order valence-electron chi connectivity index (χ1n) is 7.72. The molecule has 1 aliphatic heterocycles. The maximum absolute atomic E-state index is 4.71. The molecule has 19 heavy (non-hydrogen) atoms. The Morgan fingerprint density at radius 3 is 3.05 bits per heavy atom. The van der Waals surface area contributed by atoms with Gasteiger partial charge in [0.15, 0.2) is 0 Å². The lowest BCUT2D eigenvalue weighted by Gasteiger charge is -2.22. The van der Waals surface area contributed by atoms with Crippen LogP contribution in [0.5, 0.6) is 0 Å². The zero-order valence-corrected chi connectivity index (χ0v) is 12.6. The molecular formula is C15H28N4. The normalized spacial score (nSPS) is 23.2. The molecule has 1 N–H and O–H groups in total. The number of aromatic nitrogens is 2. The van der Waals surface area contributed by atoms with E-state index in [1.54, 1.807) is 0 Å². The first-order chi connectivity index (χ1) is 9.22. The summed E-state index contributed by atoms with van der Waals surface area (Å²) in [6, 6.07) is 3.31. The van der Waals surface area contributed by atoms with Crippen LogP contribution < -0.4 is 5.32 Å². The lowest BCUT2D eigenvalue weighted by molar-refractivity contribution is 0.253. The highest BCUT2D eigenvalue weighted by molar-refractivity contribution is 5.00. The van der Waals surface area contributed by atoms with Crippen molar-refractivity contribution in [2.45, 2.75) is 58.7 Å². The maximum Gasteiger partial charge on any atom is 0.0764 e. The van der Waals surface area contributed by atoms with Crippen LogP contribution in [-0.2, 0) is 6.54 Å². The molecule has 1 saturated heterocycles. The van der Waals surface area contributed by atoms with Gasteiger partial charge in [-0.05, 0) is 45.3 Å². The first-order valence-corrected chi connectivity index (χ1v) is 7.72. The van der Waals surface area contributed by atoms with Gasteiger partial charge in [0.1, 0.15) is 0 Å². The molecule has 1 fully saturated rings. The molecule has 0 aliphatic carbocycles. The molecule has 1 aromatic heterocycles. The summed E-state index contributed by atoms with van der Waals surface area (Å²) in [7, 11) is 0. The Morgan fingerprint density at radius 2 is 2.32 bits per heavy atom. The minimum atomic E-state index is 0.503. The summed E-state index contributed by atoms with van der Waals surface area (Å²) in [5, 5.41) is 8.32. The lowest BCUT2D eigenvalue weighted by Crippen LogP contribution is -2.36. The van der Waals surface area contributed by atoms with Crippen molar-refractivity contribution in [1.29, 1.82) is 0 Å². The molecule has 0 radical (unpaired) electrons. The van der Waals surface area contributed by atoms with E-state index in [1.165, 1.54) is 25.1 Å². The van der Waals surface area contributed by atoms with Crippen LogP contribution in [0.1, 0.15) is 51.8 Å². The number of nitrogens with zero attached hydrogens (tertiary/aromatic N) is 3. The zero-order chi connectivity index (χ0) is 13.7. The number of hydrogen-bond donors (Lipinski definition) is 1. The molecule has 0 aromatic carbocycles. The van der Waals surface area contributed by atoms with Gasteiger partial charge in [-0.25, -0.2) is 0 Å². The summed E-state index contributed by atoms with van der Waals surface area (Å²) < 4.78 is 2.10. The van der Waals surface area contributed by atoms with Gasteiger partial charge in [0.05, 0.1) is 5.69 Å². The molecule has 1 aliphatic rings. The van der Waals surface area contributed by atoms with Crippen molar-refractivity contribution in [1.82, 2.24) is 20.0 Å². The summed E-state index contributed by atoms with van der Waals surface area (Å²) in [6.45, 7) is 11.2. The topological polar surface area (TPSA) is 33.1 Å². The number of rotatable bonds is 5. The molecule has 2 rings (SSSR count). The second kappa shape index (κ2) is 7.06. The Balaban J connectivity index is 1.93. The van der Waals surface area contributed by atoms with Gasteiger partial charge < -0.3 is 5.32 Å². The van der Waals surface area contributed by atoms with Gasteiger partial charge in [0, 0.05) is 31.4 Å². The van der Waals surface area contributed by atoms with E-state index in [0.717, 1.165) is 26.1 Å². The van der Waals surface area contributed by atoms with Crippen LogP contribution in [-0.4, -0.2) is 40.4 Å². The molecule has 0 spiro atoms. The standard InChI is InChI=1S/C15H28N4/c1-4-13(3)19-10-7-15(17-19)12-18-9-6-8-16-14(5-2)11-18/h7,10,13-14,16H,4-6,8-9,11-12H2,1-3H3. The fourth-order valence-electron chi connectivity index (χ4n) is 2.62. The largest absolute Gasteiger partial charge is 0.313 e. The van der Waals surface area contributed by atoms with Crippen molar-refractivity contribution in [3.8, 4) is 0 Å². The molecule has 0 saturated carbocycles. The lowest BCUT2D eigenvalue weighted by atomic mass is 10.2. The SMILES string of the molecule is CCC1CN(Cc2ccn(C(C)CC)n2)CCCN1. The predicted octanol–water partition coefficient (Wildman–Crippen LogP) is 2.43. The van der Waals surface area contributed by atoms with Gasteiger partial charge in [-0.3, -0.25) is 9.58 Å². The van der Waals surface area contributed by atoms with Crippen LogP contribution in [0.2, 0.25) is 0 Å². The minimum Gasteiger partial charge on any atom is -0.313 e. The smallest absolute Gasteiger partial charge is 0.0764 e. The quantitative estimate of drug-likeness (QED) is 0.886. The molecule has 2 atom stereocenters. The fraction of sp³-hybridized carbons (Fsp3) is 0.800. The van der Waals surface area contributed by atoms with Crippen LogP contribution in [0.25, 0.3) is 0 Å². The van der Waals surface area contributed by atoms with Crippen molar-refractivity contribution < 1.29 is 0 Å². The summed E-state index contributed by atoms with van der Waals surface area (Å²) in [5.41, 5.74) is 1.21. The third-order valence-corrected chi connectivity index (χ3v) is 4.15. The highest BCUT2D eigenvalue weighted by Crippen LogP contribution is 2.12. The van der Waals surface area contributed by atoms with Gasteiger partial charge in [-0.15, -0.1) is 0 Å². The summed E-state index contributed by atoms with van der Waals surface area (Å²) in [5.74, 6) is 0. The Kier molecular flexibility index (Phi) is 5.40. The number of nitrogens with one attached hydrogen (secondary N) is 1. The molecule has 4 heteroatoms. The van der Waals surface area contributed by atoms with E-state index in [-0.39, 0.29) is 0 Å². The zero-order valence-electron chi connectivity index (χ0n) is 12.6. The van der Waals surface area contributed by atoms with E-state index >= 15 is 0 Å². The first kappa shape index (κ1) is 14.5. The van der Waals surface area contributed by atoms with Crippen LogP contribution in [0.15, 0.2) is 12.3 Å². The van der Waals surface area contributed by atoms with Gasteiger partial charge in [0.2, 0.25) is 0 Å². The monoisotopic (exact) mass is 264 g/mol. The Bertz CT molecular complexity index is 374. The van der Waals surface area contributed by atoms with E-state index in [4.69, 9.17) is 5.10 Å². The Labute approximate surface area is 117 Å². The van der Waals surface area contributed by atoms with Crippen molar-refractivity contribution in [2.24, 2.45) is 0 Å². The Morgan fingerprint density at radius 1 is 1.47 bits per heavy atom. The molecule has 0 bridgehead atoms. The summed E-state index contributed by atoms with van der Waals surface area (Å²) in [6.07, 6.45) is 5.70. The van der Waals surface area contributed by atoms with Crippen LogP contribution >= 0.6 is 0 Å². The third kappa shape index (κ3) is 4.05. The maximum atomic E-state index is 4.71. The molecular weight excluding hydrogens is 236 g/mol. The average Bonchev–Trinajstić information content (AvgIpc) is 2.77. The second-order valence-electron chi connectivity index (χ2n) is 5.69. The van der Waals surface area contributed by atoms with Crippen molar-refractivity contribution in [3.05, 3.63) is 18.0 Å². The Hall–Kier alpha value is -0.870. The summed E-state index contributed by atoms with van der Waals surface area (Å²) in [4.78, 5) is 2.54. The molecule has 4 nitrogen and oxygen atoms in total. The van der Waals surface area contributed by atoms with E-state index in [1.807, 2.05) is 0 Å². The third-order valence-electron chi connectivity index (χ3n) is 4.15. The van der Waals surface area contributed by atoms with Crippen LogP contribution in [0.4, 0.5) is 0 Å². The van der Waals surface area contributed by atoms with Crippen LogP contribution in [0.3, 0.4) is 0 Å². The van der Waals surface area contributed by atoms with Crippen molar-refractivity contribution in [2.75, 3.05) is 19.6 Å². The number of hydrogen-bond acceptors (Lipinski definition) is 3. The molecule has 108 valence electrons. The average molecular weight is 264 g/mol. The van der Waals surface area contributed by atoms with Gasteiger partial charge >= 0.3 is 0 Å². The molecule has 1 aromatic rings. The predicted molar refractivity (Wildman–Crippen MR) is 79.2 cm³/mol. The van der Waals surface area contributed by atoms with E-state index in [2.05, 4.69) is 47.9 Å². The van der Waals surface area contributed by atoms with Gasteiger partial charge in [-0.2, -0.15) is 5.10 Å². The van der Waals surface area contributed by atoms with Crippen LogP contribution in [0, 0.1) is 0 Å². The van der Waals surface area contributed by atoms with E-state index in [9.17, 15) is 0 Å². The van der Waals surface area contributed by atoms with Crippen molar-refractivity contribution in [3.63, 3.8) is 0 Å². The highest BCUT2D eigenvalue weighted by atomic mass is 15.3.